The Morgan fingerprint density at radius 2 is 2.14 bits per heavy atom. The number of carbonyl (C=O) groups excluding carboxylic acids is 3. The molecule has 1 saturated heterocycles. The third kappa shape index (κ3) is 2.88. The average Bonchev–Trinajstić information content (AvgIpc) is 2.48. The van der Waals surface area contributed by atoms with E-state index in [2.05, 4.69) is 5.32 Å². The summed E-state index contributed by atoms with van der Waals surface area (Å²) in [5, 5.41) is 13.8. The van der Waals surface area contributed by atoms with Gasteiger partial charge in [0.15, 0.2) is 0 Å². The third-order valence-electron chi connectivity index (χ3n) is 3.33. The van der Waals surface area contributed by atoms with Gasteiger partial charge in [0.05, 0.1) is 4.92 Å². The average molecular weight is 291 g/mol. The van der Waals surface area contributed by atoms with Crippen molar-refractivity contribution in [3.63, 3.8) is 0 Å². The van der Waals surface area contributed by atoms with Gasteiger partial charge in [0.1, 0.15) is 18.0 Å². The molecule has 0 saturated carbocycles. The molecular formula is C13H13N3O5. The first-order chi connectivity index (χ1) is 9.93. The Hall–Kier alpha value is -2.77. The number of imide groups is 1. The van der Waals surface area contributed by atoms with Crippen molar-refractivity contribution in [1.29, 1.82) is 0 Å². The summed E-state index contributed by atoms with van der Waals surface area (Å²) in [4.78, 5) is 45.4. The van der Waals surface area contributed by atoms with Gasteiger partial charge in [0.2, 0.25) is 5.91 Å². The predicted molar refractivity (Wildman–Crippen MR) is 72.9 cm³/mol. The number of amides is 2. The number of nitrogens with zero attached hydrogens (tertiary/aromatic N) is 2. The van der Waals surface area contributed by atoms with Crippen molar-refractivity contribution < 1.29 is 19.3 Å². The van der Waals surface area contributed by atoms with Gasteiger partial charge in [0.25, 0.3) is 11.6 Å². The summed E-state index contributed by atoms with van der Waals surface area (Å²) in [6.07, 6.45) is 0.976. The molecule has 0 aromatic heterocycles. The Morgan fingerprint density at radius 3 is 2.76 bits per heavy atom. The summed E-state index contributed by atoms with van der Waals surface area (Å²) in [6.45, 7) is 0. The number of carbonyl (C=O) groups is 3. The van der Waals surface area contributed by atoms with Crippen LogP contribution < -0.4 is 5.32 Å². The van der Waals surface area contributed by atoms with Crippen LogP contribution in [0.3, 0.4) is 0 Å². The molecule has 0 aliphatic carbocycles. The molecule has 1 N–H and O–H groups in total. The largest absolute Gasteiger partial charge is 0.368 e. The number of likely N-dealkylation sites (tertiary alicyclic amines) is 1. The number of hydrogen-bond donors (Lipinski definition) is 1. The SMILES string of the molecule is CN1C(=O)CCC(Nc2ccc(C=O)cc2[N+](=O)[O-])C1=O. The fourth-order valence-corrected chi connectivity index (χ4v) is 2.13. The van der Waals surface area contributed by atoms with Crippen LogP contribution in [0.25, 0.3) is 0 Å². The van der Waals surface area contributed by atoms with E-state index in [0.29, 0.717) is 6.29 Å². The van der Waals surface area contributed by atoms with Crippen LogP contribution in [0.5, 0.6) is 0 Å². The molecule has 21 heavy (non-hydrogen) atoms. The van der Waals surface area contributed by atoms with E-state index in [1.165, 1.54) is 19.2 Å². The lowest BCUT2D eigenvalue weighted by atomic mass is 10.0. The van der Waals surface area contributed by atoms with Crippen LogP contribution in [0, 0.1) is 10.1 Å². The Morgan fingerprint density at radius 1 is 1.43 bits per heavy atom. The fraction of sp³-hybridized carbons (Fsp3) is 0.308. The van der Waals surface area contributed by atoms with Crippen LogP contribution >= 0.6 is 0 Å². The van der Waals surface area contributed by atoms with Crippen LogP contribution in [-0.2, 0) is 9.59 Å². The molecular weight excluding hydrogens is 278 g/mol. The molecule has 1 aliphatic rings. The number of likely N-dealkylation sites (N-methyl/N-ethyl adjacent to an activating group) is 1. The lowest BCUT2D eigenvalue weighted by Crippen LogP contribution is -2.48. The molecule has 1 unspecified atom stereocenters. The molecule has 1 atom stereocenters. The first-order valence-corrected chi connectivity index (χ1v) is 6.24. The van der Waals surface area contributed by atoms with E-state index in [9.17, 15) is 24.5 Å². The van der Waals surface area contributed by atoms with Gasteiger partial charge in [-0.2, -0.15) is 0 Å². The van der Waals surface area contributed by atoms with Crippen molar-refractivity contribution in [2.24, 2.45) is 0 Å². The van der Waals surface area contributed by atoms with E-state index in [0.717, 1.165) is 11.0 Å². The number of piperidine rings is 1. The molecule has 0 spiro atoms. The zero-order valence-corrected chi connectivity index (χ0v) is 11.2. The van der Waals surface area contributed by atoms with E-state index in [4.69, 9.17) is 0 Å². The summed E-state index contributed by atoms with van der Waals surface area (Å²) in [5.74, 6) is -0.705. The molecule has 8 nitrogen and oxygen atoms in total. The van der Waals surface area contributed by atoms with Crippen molar-refractivity contribution in [3.05, 3.63) is 33.9 Å². The second kappa shape index (κ2) is 5.70. The second-order valence-corrected chi connectivity index (χ2v) is 4.68. The molecule has 1 heterocycles. The smallest absolute Gasteiger partial charge is 0.293 e. The standard InChI is InChI=1S/C13H13N3O5/c1-15-12(18)5-4-10(13(15)19)14-9-3-2-8(7-17)6-11(9)16(20)21/h2-3,6-7,10,14H,4-5H2,1H3. The predicted octanol–water partition coefficient (Wildman–Crippen LogP) is 0.967. The number of nitro benzene ring substituents is 1. The molecule has 2 amide bonds. The molecule has 1 aromatic carbocycles. The molecule has 0 bridgehead atoms. The van der Waals surface area contributed by atoms with E-state index in [1.807, 2.05) is 0 Å². The van der Waals surface area contributed by atoms with E-state index >= 15 is 0 Å². The second-order valence-electron chi connectivity index (χ2n) is 4.68. The molecule has 1 aromatic rings. The van der Waals surface area contributed by atoms with Crippen molar-refractivity contribution in [2.45, 2.75) is 18.9 Å². The topological polar surface area (TPSA) is 110 Å². The van der Waals surface area contributed by atoms with Crippen molar-refractivity contribution in [3.8, 4) is 0 Å². The van der Waals surface area contributed by atoms with Crippen LogP contribution in [-0.4, -0.2) is 41.0 Å². The molecule has 1 fully saturated rings. The van der Waals surface area contributed by atoms with Crippen LogP contribution in [0.4, 0.5) is 11.4 Å². The van der Waals surface area contributed by atoms with Gasteiger partial charge < -0.3 is 5.32 Å². The lowest BCUT2D eigenvalue weighted by molar-refractivity contribution is -0.384. The van der Waals surface area contributed by atoms with Crippen LogP contribution in [0.2, 0.25) is 0 Å². The summed E-state index contributed by atoms with van der Waals surface area (Å²) in [5.41, 5.74) is 0.0353. The van der Waals surface area contributed by atoms with Crippen molar-refractivity contribution in [1.82, 2.24) is 4.90 Å². The quantitative estimate of drug-likeness (QED) is 0.383. The summed E-state index contributed by atoms with van der Waals surface area (Å²) in [7, 11) is 1.38. The third-order valence-corrected chi connectivity index (χ3v) is 3.33. The molecule has 8 heteroatoms. The maximum absolute atomic E-state index is 12.0. The Bertz CT molecular complexity index is 628. The van der Waals surface area contributed by atoms with Gasteiger partial charge in [0, 0.05) is 25.1 Å². The summed E-state index contributed by atoms with van der Waals surface area (Å²) in [6, 6.07) is 3.24. The van der Waals surface area contributed by atoms with Gasteiger partial charge in [-0.25, -0.2) is 0 Å². The van der Waals surface area contributed by atoms with Gasteiger partial charge in [-0.05, 0) is 18.6 Å². The first-order valence-electron chi connectivity index (χ1n) is 6.24. The van der Waals surface area contributed by atoms with E-state index in [-0.39, 0.29) is 35.7 Å². The zero-order valence-electron chi connectivity index (χ0n) is 11.2. The number of anilines is 1. The minimum absolute atomic E-state index is 0.145. The van der Waals surface area contributed by atoms with Gasteiger partial charge >= 0.3 is 0 Å². The number of nitro groups is 1. The minimum Gasteiger partial charge on any atom is -0.368 e. The number of benzene rings is 1. The van der Waals surface area contributed by atoms with E-state index in [1.54, 1.807) is 0 Å². The highest BCUT2D eigenvalue weighted by molar-refractivity contribution is 6.01. The lowest BCUT2D eigenvalue weighted by Gasteiger charge is -2.28. The molecule has 0 radical (unpaired) electrons. The van der Waals surface area contributed by atoms with Gasteiger partial charge in [-0.3, -0.25) is 29.4 Å². The van der Waals surface area contributed by atoms with Gasteiger partial charge in [-0.1, -0.05) is 0 Å². The highest BCUT2D eigenvalue weighted by atomic mass is 16.6. The number of hydrogen-bond acceptors (Lipinski definition) is 6. The number of nitrogens with one attached hydrogen (secondary N) is 1. The first kappa shape index (κ1) is 14.6. The Labute approximate surface area is 119 Å². The maximum atomic E-state index is 12.0. The van der Waals surface area contributed by atoms with Crippen LogP contribution in [0.1, 0.15) is 23.2 Å². The monoisotopic (exact) mass is 291 g/mol. The van der Waals surface area contributed by atoms with Crippen molar-refractivity contribution in [2.75, 3.05) is 12.4 Å². The summed E-state index contributed by atoms with van der Waals surface area (Å²) >= 11 is 0. The normalized spacial score (nSPS) is 18.5. The number of aldehydes is 1. The zero-order chi connectivity index (χ0) is 15.6. The highest BCUT2D eigenvalue weighted by Gasteiger charge is 2.32. The fourth-order valence-electron chi connectivity index (χ4n) is 2.13. The van der Waals surface area contributed by atoms with E-state index < -0.39 is 16.9 Å². The van der Waals surface area contributed by atoms with Crippen molar-refractivity contribution >= 4 is 29.5 Å². The maximum Gasteiger partial charge on any atom is 0.293 e. The van der Waals surface area contributed by atoms with Crippen LogP contribution in [0.15, 0.2) is 18.2 Å². The molecule has 110 valence electrons. The number of rotatable bonds is 4. The molecule has 1 aliphatic heterocycles. The molecule has 2 rings (SSSR count). The Balaban J connectivity index is 2.27. The van der Waals surface area contributed by atoms with Gasteiger partial charge in [-0.15, -0.1) is 0 Å². The summed E-state index contributed by atoms with van der Waals surface area (Å²) < 4.78 is 0. The Kier molecular flexibility index (Phi) is 3.97. The highest BCUT2D eigenvalue weighted by Crippen LogP contribution is 2.27. The minimum atomic E-state index is -0.700.